The molecule has 36 heavy (non-hydrogen) atoms. The second-order valence-corrected chi connectivity index (χ2v) is 8.09. The summed E-state index contributed by atoms with van der Waals surface area (Å²) in [5, 5.41) is 15.1. The second kappa shape index (κ2) is 11.7. The molecule has 0 unspecified atom stereocenters. The number of benzene rings is 3. The van der Waals surface area contributed by atoms with Crippen LogP contribution in [-0.2, 0) is 9.53 Å². The first-order chi connectivity index (χ1) is 17.5. The van der Waals surface area contributed by atoms with E-state index in [2.05, 4.69) is 10.6 Å². The van der Waals surface area contributed by atoms with E-state index in [0.29, 0.717) is 47.8 Å². The molecule has 1 atom stereocenters. The third-order valence-electron chi connectivity index (χ3n) is 5.46. The monoisotopic (exact) mass is 489 g/mol. The number of carbonyl (C=O) groups excluding carboxylic acids is 2. The van der Waals surface area contributed by atoms with E-state index in [-0.39, 0.29) is 18.4 Å². The number of phenols is 1. The van der Waals surface area contributed by atoms with Crippen molar-refractivity contribution in [1.29, 1.82) is 0 Å². The Morgan fingerprint density at radius 1 is 1.03 bits per heavy atom. The molecule has 9 heteroatoms. The molecule has 0 radical (unpaired) electrons. The number of aromatic hydroxyl groups is 1. The first kappa shape index (κ1) is 24.5. The number of nitrogens with one attached hydrogen (secondary N) is 2. The minimum Gasteiger partial charge on any atom is -0.508 e. The Morgan fingerprint density at radius 3 is 2.61 bits per heavy atom. The van der Waals surface area contributed by atoms with E-state index < -0.39 is 12.2 Å². The van der Waals surface area contributed by atoms with Crippen LogP contribution in [0.4, 0.5) is 21.9 Å². The lowest BCUT2D eigenvalue weighted by Gasteiger charge is -2.19. The fourth-order valence-corrected chi connectivity index (χ4v) is 3.63. The van der Waals surface area contributed by atoms with Crippen LogP contribution in [0, 0.1) is 0 Å². The minimum absolute atomic E-state index is 0.121. The maximum absolute atomic E-state index is 12.6. The van der Waals surface area contributed by atoms with Gasteiger partial charge in [0.15, 0.2) is 11.5 Å². The molecule has 5 N–H and O–H groups in total. The molecule has 3 aromatic rings. The number of para-hydroxylation sites is 2. The number of carbonyl (C=O) groups is 2. The van der Waals surface area contributed by atoms with Crippen molar-refractivity contribution in [3.8, 4) is 17.2 Å². The second-order valence-electron chi connectivity index (χ2n) is 8.09. The first-order valence-electron chi connectivity index (χ1n) is 11.5. The molecule has 0 spiro atoms. The molecule has 186 valence electrons. The van der Waals surface area contributed by atoms with Gasteiger partial charge in [0.1, 0.15) is 11.9 Å². The van der Waals surface area contributed by atoms with Crippen LogP contribution in [0.25, 0.3) is 0 Å². The number of fused-ring (bicyclic) bond motifs is 1. The number of phenolic OH excluding ortho intramolecular Hbond substituents is 1. The summed E-state index contributed by atoms with van der Waals surface area (Å²) >= 11 is 0. The molecular formula is C27H27N3O6. The van der Waals surface area contributed by atoms with Gasteiger partial charge in [-0.05, 0) is 67.3 Å². The highest BCUT2D eigenvalue weighted by atomic mass is 16.7. The van der Waals surface area contributed by atoms with Crippen molar-refractivity contribution >= 4 is 29.1 Å². The van der Waals surface area contributed by atoms with Gasteiger partial charge in [-0.15, -0.1) is 0 Å². The summed E-state index contributed by atoms with van der Waals surface area (Å²) in [6.45, 7) is 0.141. The minimum atomic E-state index is -0.623. The van der Waals surface area contributed by atoms with Gasteiger partial charge in [0.2, 0.25) is 12.7 Å². The maximum Gasteiger partial charge on any atom is 0.412 e. The van der Waals surface area contributed by atoms with E-state index in [1.54, 1.807) is 72.8 Å². The summed E-state index contributed by atoms with van der Waals surface area (Å²) in [6, 6.07) is 18.6. The molecule has 3 aromatic carbocycles. The van der Waals surface area contributed by atoms with Crippen molar-refractivity contribution in [3.63, 3.8) is 0 Å². The van der Waals surface area contributed by atoms with Crippen molar-refractivity contribution < 1.29 is 28.9 Å². The lowest BCUT2D eigenvalue weighted by molar-refractivity contribution is -0.111. The number of allylic oxidation sites excluding steroid dienone is 1. The predicted molar refractivity (Wildman–Crippen MR) is 136 cm³/mol. The Balaban J connectivity index is 1.31. The number of unbranched alkanes of at least 4 members (excludes halogenated alkanes) is 1. The van der Waals surface area contributed by atoms with Gasteiger partial charge in [-0.2, -0.15) is 0 Å². The van der Waals surface area contributed by atoms with E-state index in [0.717, 1.165) is 5.56 Å². The normalized spacial score (nSPS) is 12.8. The molecule has 0 fully saturated rings. The van der Waals surface area contributed by atoms with Gasteiger partial charge < -0.3 is 30.4 Å². The Hall–Kier alpha value is -4.66. The van der Waals surface area contributed by atoms with Crippen LogP contribution < -0.4 is 25.8 Å². The zero-order valence-electron chi connectivity index (χ0n) is 19.5. The Morgan fingerprint density at radius 2 is 1.81 bits per heavy atom. The van der Waals surface area contributed by atoms with Crippen LogP contribution >= 0.6 is 0 Å². The number of amides is 2. The lowest BCUT2D eigenvalue weighted by atomic mass is 10.0. The fourth-order valence-electron chi connectivity index (χ4n) is 3.63. The number of ether oxygens (including phenoxy) is 3. The van der Waals surface area contributed by atoms with Crippen molar-refractivity contribution in [1.82, 2.24) is 0 Å². The topological polar surface area (TPSA) is 132 Å². The van der Waals surface area contributed by atoms with Gasteiger partial charge in [0.25, 0.3) is 0 Å². The molecule has 0 saturated carbocycles. The van der Waals surface area contributed by atoms with E-state index in [1.807, 2.05) is 0 Å². The molecule has 0 aliphatic carbocycles. The average molecular weight is 490 g/mol. The smallest absolute Gasteiger partial charge is 0.412 e. The summed E-state index contributed by atoms with van der Waals surface area (Å²) in [6.07, 6.45) is 3.80. The van der Waals surface area contributed by atoms with Crippen LogP contribution in [0.2, 0.25) is 0 Å². The van der Waals surface area contributed by atoms with Crippen LogP contribution in [0.1, 0.15) is 30.9 Å². The molecular weight excluding hydrogens is 462 g/mol. The van der Waals surface area contributed by atoms with Crippen molar-refractivity contribution in [2.24, 2.45) is 0 Å². The Bertz CT molecular complexity index is 1240. The molecule has 0 saturated heterocycles. The quantitative estimate of drug-likeness (QED) is 0.181. The fraction of sp³-hybridized carbons (Fsp3) is 0.185. The predicted octanol–water partition coefficient (Wildman–Crippen LogP) is 5.36. The summed E-state index contributed by atoms with van der Waals surface area (Å²) in [7, 11) is 0. The third kappa shape index (κ3) is 6.69. The Labute approximate surface area is 208 Å². The number of rotatable bonds is 9. The summed E-state index contributed by atoms with van der Waals surface area (Å²) in [5.41, 5.74) is 8.15. The summed E-state index contributed by atoms with van der Waals surface area (Å²) < 4.78 is 16.3. The number of nitrogen functional groups attached to an aromatic ring is 1. The van der Waals surface area contributed by atoms with Gasteiger partial charge in [-0.1, -0.05) is 30.3 Å². The van der Waals surface area contributed by atoms with Gasteiger partial charge in [-0.3, -0.25) is 10.1 Å². The molecule has 4 rings (SSSR count). The zero-order chi connectivity index (χ0) is 25.3. The van der Waals surface area contributed by atoms with Crippen molar-refractivity contribution in [2.75, 3.05) is 23.2 Å². The van der Waals surface area contributed by atoms with E-state index >= 15 is 0 Å². The van der Waals surface area contributed by atoms with E-state index in [9.17, 15) is 14.7 Å². The molecule has 9 nitrogen and oxygen atoms in total. The molecule has 0 aromatic heterocycles. The Kier molecular flexibility index (Phi) is 7.92. The molecule has 1 aliphatic heterocycles. The molecule has 2 amide bonds. The van der Waals surface area contributed by atoms with Gasteiger partial charge in [-0.25, -0.2) is 4.79 Å². The highest BCUT2D eigenvalue weighted by molar-refractivity contribution is 6.01. The van der Waals surface area contributed by atoms with Gasteiger partial charge in [0.05, 0.1) is 11.4 Å². The first-order valence-corrected chi connectivity index (χ1v) is 11.5. The summed E-state index contributed by atoms with van der Waals surface area (Å²) in [4.78, 5) is 24.7. The third-order valence-corrected chi connectivity index (χ3v) is 5.46. The van der Waals surface area contributed by atoms with E-state index in [4.69, 9.17) is 19.9 Å². The average Bonchev–Trinajstić information content (AvgIpc) is 3.33. The molecule has 1 aliphatic rings. The zero-order valence-corrected chi connectivity index (χ0v) is 19.5. The standard InChI is InChI=1S/C27H27N3O6/c28-21-6-4-5-7-22(21)30-26(32)9-3-1-2-8-23(18-10-13-20(31)14-11-18)36-27(33)29-19-12-15-24-25(16-19)35-17-34-24/h3-7,9-16,23,31H,1-2,8,17,28H2,(H,29,33)(H,30,32)/b9-3+/t23-/m1/s1. The van der Waals surface area contributed by atoms with Crippen LogP contribution in [-0.4, -0.2) is 23.9 Å². The number of anilines is 3. The van der Waals surface area contributed by atoms with E-state index in [1.165, 1.54) is 6.08 Å². The summed E-state index contributed by atoms with van der Waals surface area (Å²) in [5.74, 6) is 1.01. The van der Waals surface area contributed by atoms with Crippen molar-refractivity contribution in [3.05, 3.63) is 84.4 Å². The highest BCUT2D eigenvalue weighted by Gasteiger charge is 2.19. The number of nitrogens with two attached hydrogens (primary N) is 1. The SMILES string of the molecule is Nc1ccccc1NC(=O)/C=C/CCC[C@@H](OC(=O)Nc1ccc2c(c1)OCO2)c1ccc(O)cc1. The molecule has 0 bridgehead atoms. The van der Waals surface area contributed by atoms with Crippen LogP contribution in [0.5, 0.6) is 17.2 Å². The maximum atomic E-state index is 12.6. The number of hydrogen-bond donors (Lipinski definition) is 4. The highest BCUT2D eigenvalue weighted by Crippen LogP contribution is 2.34. The van der Waals surface area contributed by atoms with Crippen molar-refractivity contribution in [2.45, 2.75) is 25.4 Å². The van der Waals surface area contributed by atoms with Gasteiger partial charge >= 0.3 is 6.09 Å². The van der Waals surface area contributed by atoms with Gasteiger partial charge in [0, 0.05) is 11.8 Å². The molecule has 1 heterocycles. The number of hydrogen-bond acceptors (Lipinski definition) is 7. The lowest BCUT2D eigenvalue weighted by Crippen LogP contribution is -2.17. The van der Waals surface area contributed by atoms with Crippen LogP contribution in [0.3, 0.4) is 0 Å². The largest absolute Gasteiger partial charge is 0.508 e. The van der Waals surface area contributed by atoms with Crippen LogP contribution in [0.15, 0.2) is 78.9 Å².